The summed E-state index contributed by atoms with van der Waals surface area (Å²) in [5.74, 6) is -0.897. The Morgan fingerprint density at radius 1 is 1.40 bits per heavy atom. The van der Waals surface area contributed by atoms with E-state index in [1.165, 1.54) is 19.5 Å². The number of methoxy groups -OCH3 is 1. The van der Waals surface area contributed by atoms with Crippen LogP contribution in [0, 0.1) is 15.9 Å². The highest BCUT2D eigenvalue weighted by Crippen LogP contribution is 2.35. The Kier molecular flexibility index (Phi) is 6.07. The SMILES string of the molecule is C=Cn1ncc(-c2nc(Nc3cc([N+](=O)[O-])c(F)cc3OC)ncc2Cl)c1/C=C\C. The van der Waals surface area contributed by atoms with Crippen LogP contribution >= 0.6 is 11.6 Å². The number of benzene rings is 1. The third kappa shape index (κ3) is 3.98. The minimum absolute atomic E-state index is 0.0484. The average molecular weight is 431 g/mol. The van der Waals surface area contributed by atoms with E-state index in [9.17, 15) is 14.5 Å². The number of halogens is 2. The van der Waals surface area contributed by atoms with Crippen molar-refractivity contribution < 1.29 is 14.1 Å². The molecule has 1 aromatic carbocycles. The van der Waals surface area contributed by atoms with E-state index in [1.807, 2.05) is 19.1 Å². The number of hydrogen-bond donors (Lipinski definition) is 1. The Morgan fingerprint density at radius 2 is 2.17 bits per heavy atom. The summed E-state index contributed by atoms with van der Waals surface area (Å²) in [5.41, 5.74) is 1.12. The zero-order valence-electron chi connectivity index (χ0n) is 16.0. The van der Waals surface area contributed by atoms with Crippen molar-refractivity contribution in [2.24, 2.45) is 0 Å². The van der Waals surface area contributed by atoms with Gasteiger partial charge in [-0.15, -0.1) is 0 Å². The van der Waals surface area contributed by atoms with Gasteiger partial charge in [-0.05, 0) is 13.0 Å². The summed E-state index contributed by atoms with van der Waals surface area (Å²) >= 11 is 6.30. The molecule has 0 aliphatic rings. The molecule has 1 N–H and O–H groups in total. The van der Waals surface area contributed by atoms with E-state index in [0.717, 1.165) is 12.1 Å². The molecule has 0 radical (unpaired) electrons. The lowest BCUT2D eigenvalue weighted by Crippen LogP contribution is -2.03. The minimum atomic E-state index is -1.02. The molecule has 154 valence electrons. The first kappa shape index (κ1) is 20.9. The Bertz CT molecular complexity index is 1160. The number of ether oxygens (including phenoxy) is 1. The van der Waals surface area contributed by atoms with Crippen molar-refractivity contribution >= 4 is 41.2 Å². The van der Waals surface area contributed by atoms with Gasteiger partial charge in [-0.1, -0.05) is 24.3 Å². The maximum atomic E-state index is 13.9. The van der Waals surface area contributed by atoms with Gasteiger partial charge in [0.25, 0.3) is 0 Å². The van der Waals surface area contributed by atoms with Crippen LogP contribution in [-0.2, 0) is 0 Å². The lowest BCUT2D eigenvalue weighted by atomic mass is 10.1. The van der Waals surface area contributed by atoms with Crippen LogP contribution < -0.4 is 10.1 Å². The first-order valence-corrected chi connectivity index (χ1v) is 8.92. The van der Waals surface area contributed by atoms with Gasteiger partial charge in [0.1, 0.15) is 5.75 Å². The molecular formula is C19H16ClFN6O3. The summed E-state index contributed by atoms with van der Waals surface area (Å²) in [6, 6.07) is 1.92. The molecule has 0 saturated heterocycles. The summed E-state index contributed by atoms with van der Waals surface area (Å²) in [4.78, 5) is 18.7. The van der Waals surface area contributed by atoms with Gasteiger partial charge in [-0.3, -0.25) is 10.1 Å². The predicted octanol–water partition coefficient (Wildman–Crippen LogP) is 4.93. The molecule has 0 atom stereocenters. The molecule has 0 aliphatic carbocycles. The minimum Gasteiger partial charge on any atom is -0.494 e. The molecule has 11 heteroatoms. The van der Waals surface area contributed by atoms with Gasteiger partial charge in [0.05, 0.1) is 46.5 Å². The molecular weight excluding hydrogens is 415 g/mol. The fraction of sp³-hybridized carbons (Fsp3) is 0.105. The van der Waals surface area contributed by atoms with Gasteiger partial charge >= 0.3 is 5.69 Å². The highest BCUT2D eigenvalue weighted by atomic mass is 35.5. The number of nitrogens with one attached hydrogen (secondary N) is 1. The molecule has 0 saturated carbocycles. The number of anilines is 2. The second-order valence-electron chi connectivity index (χ2n) is 5.85. The van der Waals surface area contributed by atoms with E-state index in [4.69, 9.17) is 16.3 Å². The quantitative estimate of drug-likeness (QED) is 0.418. The van der Waals surface area contributed by atoms with Gasteiger partial charge < -0.3 is 10.1 Å². The maximum absolute atomic E-state index is 13.9. The van der Waals surface area contributed by atoms with Crippen LogP contribution in [0.1, 0.15) is 12.6 Å². The molecule has 2 aromatic heterocycles. The monoisotopic (exact) mass is 430 g/mol. The zero-order valence-corrected chi connectivity index (χ0v) is 16.7. The van der Waals surface area contributed by atoms with Gasteiger partial charge in [-0.2, -0.15) is 9.49 Å². The molecule has 0 fully saturated rings. The van der Waals surface area contributed by atoms with E-state index >= 15 is 0 Å². The van der Waals surface area contributed by atoms with Gasteiger partial charge in [-0.25, -0.2) is 14.6 Å². The van der Waals surface area contributed by atoms with Crippen molar-refractivity contribution in [2.45, 2.75) is 6.92 Å². The zero-order chi connectivity index (χ0) is 21.8. The Labute approximate surface area is 175 Å². The number of nitrogens with zero attached hydrogens (tertiary/aromatic N) is 5. The summed E-state index contributed by atoms with van der Waals surface area (Å²) < 4.78 is 20.5. The maximum Gasteiger partial charge on any atom is 0.307 e. The highest BCUT2D eigenvalue weighted by molar-refractivity contribution is 6.33. The molecule has 3 aromatic rings. The number of hydrogen-bond acceptors (Lipinski definition) is 7. The molecule has 3 rings (SSSR count). The van der Waals surface area contributed by atoms with Crippen molar-refractivity contribution in [3.05, 3.63) is 63.8 Å². The van der Waals surface area contributed by atoms with E-state index in [1.54, 1.807) is 10.9 Å². The lowest BCUT2D eigenvalue weighted by Gasteiger charge is -2.11. The third-order valence-electron chi connectivity index (χ3n) is 4.04. The van der Waals surface area contributed by atoms with Gasteiger partial charge in [0, 0.05) is 23.9 Å². The number of allylic oxidation sites excluding steroid dienone is 1. The van der Waals surface area contributed by atoms with Crippen molar-refractivity contribution in [2.75, 3.05) is 12.4 Å². The standard InChI is InChI=1S/C19H16ClFN6O3/c1-4-6-15-11(9-23-26(15)5-2)18-12(20)10-22-19(25-18)24-14-8-16(27(28)29)13(21)7-17(14)30-3/h4-10H,2H2,1,3H3,(H,22,24,25)/b6-4-. The number of nitro groups is 1. The van der Waals surface area contributed by atoms with Crippen LogP contribution in [0.25, 0.3) is 23.5 Å². The van der Waals surface area contributed by atoms with Gasteiger partial charge in [0.2, 0.25) is 11.8 Å². The van der Waals surface area contributed by atoms with Crippen LogP contribution in [0.5, 0.6) is 5.75 Å². The normalized spacial score (nSPS) is 10.9. The van der Waals surface area contributed by atoms with Crippen molar-refractivity contribution in [1.29, 1.82) is 0 Å². The predicted molar refractivity (Wildman–Crippen MR) is 112 cm³/mol. The van der Waals surface area contributed by atoms with Crippen LogP contribution in [0.2, 0.25) is 5.02 Å². The molecule has 30 heavy (non-hydrogen) atoms. The van der Waals surface area contributed by atoms with Gasteiger partial charge in [0.15, 0.2) is 0 Å². The fourth-order valence-corrected chi connectivity index (χ4v) is 2.90. The Hall–Kier alpha value is -3.79. The Morgan fingerprint density at radius 3 is 2.80 bits per heavy atom. The Balaban J connectivity index is 2.08. The van der Waals surface area contributed by atoms with E-state index in [-0.39, 0.29) is 22.4 Å². The van der Waals surface area contributed by atoms with Crippen molar-refractivity contribution in [3.63, 3.8) is 0 Å². The molecule has 0 spiro atoms. The lowest BCUT2D eigenvalue weighted by molar-refractivity contribution is -0.387. The smallest absolute Gasteiger partial charge is 0.307 e. The number of nitro benzene ring substituents is 1. The average Bonchev–Trinajstić information content (AvgIpc) is 3.12. The molecule has 9 nitrogen and oxygen atoms in total. The topological polar surface area (TPSA) is 108 Å². The van der Waals surface area contributed by atoms with Crippen molar-refractivity contribution in [3.8, 4) is 17.0 Å². The third-order valence-corrected chi connectivity index (χ3v) is 4.32. The summed E-state index contributed by atoms with van der Waals surface area (Å²) in [7, 11) is 1.31. The molecule has 0 unspecified atom stereocenters. The van der Waals surface area contributed by atoms with Crippen LogP contribution in [0.4, 0.5) is 21.7 Å². The summed E-state index contributed by atoms with van der Waals surface area (Å²) in [5, 5.41) is 18.4. The number of aromatic nitrogens is 4. The summed E-state index contributed by atoms with van der Waals surface area (Å²) in [6.07, 6.45) is 8.15. The van der Waals surface area contributed by atoms with E-state index < -0.39 is 16.4 Å². The molecule has 0 bridgehead atoms. The second kappa shape index (κ2) is 8.70. The summed E-state index contributed by atoms with van der Waals surface area (Å²) in [6.45, 7) is 5.57. The fourth-order valence-electron chi connectivity index (χ4n) is 2.71. The van der Waals surface area contributed by atoms with Crippen molar-refractivity contribution in [1.82, 2.24) is 19.7 Å². The van der Waals surface area contributed by atoms with Crippen LogP contribution in [0.15, 0.2) is 37.2 Å². The van der Waals surface area contributed by atoms with Crippen LogP contribution in [0.3, 0.4) is 0 Å². The highest BCUT2D eigenvalue weighted by Gasteiger charge is 2.20. The van der Waals surface area contributed by atoms with Crippen LogP contribution in [-0.4, -0.2) is 31.8 Å². The number of rotatable bonds is 7. The van der Waals surface area contributed by atoms with E-state index in [2.05, 4.69) is 27.0 Å². The van der Waals surface area contributed by atoms with E-state index in [0.29, 0.717) is 17.0 Å². The second-order valence-corrected chi connectivity index (χ2v) is 6.25. The molecule has 2 heterocycles. The molecule has 0 amide bonds. The molecule has 0 aliphatic heterocycles. The largest absolute Gasteiger partial charge is 0.494 e. The first-order chi connectivity index (χ1) is 14.4. The first-order valence-electron chi connectivity index (χ1n) is 8.54.